The summed E-state index contributed by atoms with van der Waals surface area (Å²) in [6.07, 6.45) is 3.96. The minimum atomic E-state index is -0.206. The molecular weight excluding hydrogens is 257 g/mol. The van der Waals surface area contributed by atoms with Crippen LogP contribution < -0.4 is 5.32 Å². The third-order valence-electron chi connectivity index (χ3n) is 2.72. The topological polar surface area (TPSA) is 12.0 Å². The minimum absolute atomic E-state index is 0.206. The molecule has 1 atom stereocenters. The molecule has 1 nitrogen and oxygen atoms in total. The van der Waals surface area contributed by atoms with Crippen LogP contribution in [-0.2, 0) is 0 Å². The summed E-state index contributed by atoms with van der Waals surface area (Å²) in [5.74, 6) is 0.703. The predicted octanol–water partition coefficient (Wildman–Crippen LogP) is 4.19. The van der Waals surface area contributed by atoms with Crippen molar-refractivity contribution >= 4 is 21.6 Å². The molecule has 3 heteroatoms. The molecule has 0 aromatic heterocycles. The lowest BCUT2D eigenvalue weighted by atomic mass is 10.1. The van der Waals surface area contributed by atoms with Crippen molar-refractivity contribution in [2.24, 2.45) is 5.92 Å². The second-order valence-corrected chi connectivity index (χ2v) is 5.20. The first-order valence-corrected chi connectivity index (χ1v) is 6.16. The molecule has 0 amide bonds. The molecule has 1 fully saturated rings. The van der Waals surface area contributed by atoms with Gasteiger partial charge in [-0.2, -0.15) is 0 Å². The number of rotatable bonds is 4. The van der Waals surface area contributed by atoms with Gasteiger partial charge in [0, 0.05) is 16.2 Å². The molecule has 15 heavy (non-hydrogen) atoms. The van der Waals surface area contributed by atoms with Crippen molar-refractivity contribution in [3.05, 3.63) is 28.5 Å². The van der Waals surface area contributed by atoms with Gasteiger partial charge in [-0.15, -0.1) is 0 Å². The van der Waals surface area contributed by atoms with Gasteiger partial charge in [0.1, 0.15) is 5.82 Å². The van der Waals surface area contributed by atoms with E-state index in [1.807, 2.05) is 0 Å². The Hall–Kier alpha value is -0.570. The molecule has 1 aliphatic rings. The van der Waals surface area contributed by atoms with Crippen molar-refractivity contribution in [3.63, 3.8) is 0 Å². The predicted molar refractivity (Wildman–Crippen MR) is 64.5 cm³/mol. The molecule has 1 aromatic rings. The average molecular weight is 272 g/mol. The molecule has 0 radical (unpaired) electrons. The summed E-state index contributed by atoms with van der Waals surface area (Å²) in [5.41, 5.74) is 0.976. The van der Waals surface area contributed by atoms with Crippen LogP contribution in [0.25, 0.3) is 0 Å². The molecule has 1 unspecified atom stereocenters. The number of halogens is 2. The lowest BCUT2D eigenvalue weighted by molar-refractivity contribution is 0.624. The van der Waals surface area contributed by atoms with Crippen molar-refractivity contribution in [3.8, 4) is 0 Å². The highest BCUT2D eigenvalue weighted by molar-refractivity contribution is 9.10. The van der Waals surface area contributed by atoms with E-state index in [0.29, 0.717) is 6.04 Å². The second kappa shape index (κ2) is 4.52. The van der Waals surface area contributed by atoms with Crippen molar-refractivity contribution < 1.29 is 4.39 Å². The Bertz CT molecular complexity index is 349. The average Bonchev–Trinajstić information content (AvgIpc) is 2.94. The van der Waals surface area contributed by atoms with Gasteiger partial charge < -0.3 is 5.32 Å². The van der Waals surface area contributed by atoms with E-state index in [1.54, 1.807) is 6.07 Å². The summed E-state index contributed by atoms with van der Waals surface area (Å²) in [6.45, 7) is 2.17. The fourth-order valence-corrected chi connectivity index (χ4v) is 2.25. The van der Waals surface area contributed by atoms with Gasteiger partial charge in [-0.1, -0.05) is 12.8 Å². The van der Waals surface area contributed by atoms with Gasteiger partial charge in [0.25, 0.3) is 0 Å². The van der Waals surface area contributed by atoms with Crippen molar-refractivity contribution in [1.82, 2.24) is 0 Å². The molecule has 0 saturated heterocycles. The molecule has 1 saturated carbocycles. The number of benzene rings is 1. The van der Waals surface area contributed by atoms with E-state index in [2.05, 4.69) is 28.2 Å². The van der Waals surface area contributed by atoms with Crippen LogP contribution in [0.5, 0.6) is 0 Å². The SMILES string of the molecule is CC(CC1CC1)Nc1ccc(F)cc1Br. The lowest BCUT2D eigenvalue weighted by Crippen LogP contribution is -2.16. The van der Waals surface area contributed by atoms with Crippen LogP contribution in [0.1, 0.15) is 26.2 Å². The molecule has 0 aliphatic heterocycles. The summed E-state index contributed by atoms with van der Waals surface area (Å²) in [5, 5.41) is 3.40. The van der Waals surface area contributed by atoms with Gasteiger partial charge >= 0.3 is 0 Å². The first-order valence-electron chi connectivity index (χ1n) is 5.37. The summed E-state index contributed by atoms with van der Waals surface area (Å²) in [4.78, 5) is 0. The van der Waals surface area contributed by atoms with Crippen molar-refractivity contribution in [2.75, 3.05) is 5.32 Å². The van der Waals surface area contributed by atoms with Gasteiger partial charge in [-0.25, -0.2) is 4.39 Å². The fourth-order valence-electron chi connectivity index (χ4n) is 1.78. The second-order valence-electron chi connectivity index (χ2n) is 4.35. The maximum Gasteiger partial charge on any atom is 0.124 e. The van der Waals surface area contributed by atoms with E-state index in [-0.39, 0.29) is 5.82 Å². The van der Waals surface area contributed by atoms with Crippen LogP contribution in [0.4, 0.5) is 10.1 Å². The van der Waals surface area contributed by atoms with E-state index >= 15 is 0 Å². The zero-order chi connectivity index (χ0) is 10.8. The van der Waals surface area contributed by atoms with E-state index in [9.17, 15) is 4.39 Å². The van der Waals surface area contributed by atoms with Crippen LogP contribution >= 0.6 is 15.9 Å². The molecule has 1 aliphatic carbocycles. The molecule has 0 bridgehead atoms. The normalized spacial score (nSPS) is 17.5. The third-order valence-corrected chi connectivity index (χ3v) is 3.37. The lowest BCUT2D eigenvalue weighted by Gasteiger charge is -2.16. The van der Waals surface area contributed by atoms with Crippen LogP contribution in [0.3, 0.4) is 0 Å². The highest BCUT2D eigenvalue weighted by atomic mass is 79.9. The quantitative estimate of drug-likeness (QED) is 0.866. The Labute approximate surface area is 98.2 Å². The molecule has 1 aromatic carbocycles. The Kier molecular flexibility index (Phi) is 3.29. The smallest absolute Gasteiger partial charge is 0.124 e. The van der Waals surface area contributed by atoms with E-state index in [0.717, 1.165) is 16.1 Å². The highest BCUT2D eigenvalue weighted by Gasteiger charge is 2.23. The highest BCUT2D eigenvalue weighted by Crippen LogP contribution is 2.34. The maximum absolute atomic E-state index is 12.8. The van der Waals surface area contributed by atoms with Crippen LogP contribution in [0, 0.1) is 11.7 Å². The molecule has 82 valence electrons. The van der Waals surface area contributed by atoms with E-state index < -0.39 is 0 Å². The first kappa shape index (κ1) is 10.9. The largest absolute Gasteiger partial charge is 0.382 e. The van der Waals surface area contributed by atoms with Crippen LogP contribution in [-0.4, -0.2) is 6.04 Å². The monoisotopic (exact) mass is 271 g/mol. The van der Waals surface area contributed by atoms with E-state index in [1.165, 1.54) is 31.4 Å². The Morgan fingerprint density at radius 1 is 1.53 bits per heavy atom. The molecule has 1 N–H and O–H groups in total. The standard InChI is InChI=1S/C12H15BrFN/c1-8(6-9-2-3-9)15-12-5-4-10(14)7-11(12)13/h4-5,7-9,15H,2-3,6H2,1H3. The summed E-state index contributed by atoms with van der Waals surface area (Å²) >= 11 is 3.35. The third kappa shape index (κ3) is 3.20. The Morgan fingerprint density at radius 3 is 2.87 bits per heavy atom. The molecule has 2 rings (SSSR count). The van der Waals surface area contributed by atoms with Crippen molar-refractivity contribution in [1.29, 1.82) is 0 Å². The maximum atomic E-state index is 12.8. The number of hydrogen-bond acceptors (Lipinski definition) is 1. The number of nitrogens with one attached hydrogen (secondary N) is 1. The Balaban J connectivity index is 1.96. The molecular formula is C12H15BrFN. The Morgan fingerprint density at radius 2 is 2.27 bits per heavy atom. The van der Waals surface area contributed by atoms with E-state index in [4.69, 9.17) is 0 Å². The zero-order valence-electron chi connectivity index (χ0n) is 8.76. The van der Waals surface area contributed by atoms with Crippen molar-refractivity contribution in [2.45, 2.75) is 32.2 Å². The van der Waals surface area contributed by atoms with Crippen LogP contribution in [0.2, 0.25) is 0 Å². The summed E-state index contributed by atoms with van der Waals surface area (Å²) in [6, 6.07) is 5.21. The fraction of sp³-hybridized carbons (Fsp3) is 0.500. The molecule has 0 heterocycles. The first-order chi connectivity index (χ1) is 7.15. The van der Waals surface area contributed by atoms with Gasteiger partial charge in [0.05, 0.1) is 0 Å². The zero-order valence-corrected chi connectivity index (χ0v) is 10.3. The summed E-state index contributed by atoms with van der Waals surface area (Å²) < 4.78 is 13.6. The van der Waals surface area contributed by atoms with Gasteiger partial charge in [0.2, 0.25) is 0 Å². The number of anilines is 1. The summed E-state index contributed by atoms with van der Waals surface area (Å²) in [7, 11) is 0. The molecule has 0 spiro atoms. The van der Waals surface area contributed by atoms with Gasteiger partial charge in [-0.05, 0) is 53.4 Å². The van der Waals surface area contributed by atoms with Gasteiger partial charge in [0.15, 0.2) is 0 Å². The van der Waals surface area contributed by atoms with Gasteiger partial charge in [-0.3, -0.25) is 0 Å². The number of hydrogen-bond donors (Lipinski definition) is 1. The minimum Gasteiger partial charge on any atom is -0.382 e. The van der Waals surface area contributed by atoms with Crippen LogP contribution in [0.15, 0.2) is 22.7 Å².